The summed E-state index contributed by atoms with van der Waals surface area (Å²) in [7, 11) is 0. The third-order valence-electron chi connectivity index (χ3n) is 10.4. The molecule has 3 atom stereocenters. The number of amides is 1. The van der Waals surface area contributed by atoms with Crippen LogP contribution in [0.25, 0.3) is 0 Å². The van der Waals surface area contributed by atoms with Crippen molar-refractivity contribution in [3.63, 3.8) is 0 Å². The SMILES string of the molecule is CCCCCCCCCCCCCCCCCCC/C=C/C(O)C(CO)NC(=O)C(O)CCCCCCCCCCCCCCCCCC. The van der Waals surface area contributed by atoms with Gasteiger partial charge in [-0.15, -0.1) is 0 Å². The summed E-state index contributed by atoms with van der Waals surface area (Å²) in [4.78, 5) is 12.5. The fourth-order valence-corrected chi connectivity index (χ4v) is 6.89. The Morgan fingerprint density at radius 1 is 0.490 bits per heavy atom. The van der Waals surface area contributed by atoms with E-state index >= 15 is 0 Å². The Balaban J connectivity index is 3.65. The van der Waals surface area contributed by atoms with E-state index in [9.17, 15) is 20.1 Å². The molecule has 0 rings (SSSR count). The normalized spacial score (nSPS) is 13.7. The van der Waals surface area contributed by atoms with E-state index in [1.807, 2.05) is 6.08 Å². The molecule has 0 heterocycles. The minimum atomic E-state index is -1.09. The summed E-state index contributed by atoms with van der Waals surface area (Å²) in [6.07, 6.45) is 46.7. The van der Waals surface area contributed by atoms with Gasteiger partial charge >= 0.3 is 0 Å². The molecule has 0 aromatic carbocycles. The van der Waals surface area contributed by atoms with E-state index in [1.165, 1.54) is 186 Å². The van der Waals surface area contributed by atoms with Crippen molar-refractivity contribution >= 4 is 5.91 Å². The van der Waals surface area contributed by atoms with E-state index in [4.69, 9.17) is 0 Å². The van der Waals surface area contributed by atoms with Gasteiger partial charge in [0.05, 0.1) is 18.8 Å². The number of hydrogen-bond donors (Lipinski definition) is 4. The molecule has 3 unspecified atom stereocenters. The molecule has 0 spiro atoms. The predicted octanol–water partition coefficient (Wildman–Crippen LogP) is 12.4. The van der Waals surface area contributed by atoms with E-state index in [0.29, 0.717) is 6.42 Å². The standard InChI is InChI=1S/C44H87NO4/c1-3-5-7-9-11-13-15-17-19-21-22-23-25-26-28-30-32-34-36-38-42(47)41(40-46)45-44(49)43(48)39-37-35-33-31-29-27-24-20-18-16-14-12-10-8-6-4-2/h36,38,41-43,46-48H,3-35,37,39-40H2,1-2H3,(H,45,49)/b38-36+. The molecule has 292 valence electrons. The largest absolute Gasteiger partial charge is 0.394 e. The summed E-state index contributed by atoms with van der Waals surface area (Å²) in [5.74, 6) is -0.499. The highest BCUT2D eigenvalue weighted by Crippen LogP contribution is 2.16. The van der Waals surface area contributed by atoms with Crippen molar-refractivity contribution in [1.82, 2.24) is 5.32 Å². The smallest absolute Gasteiger partial charge is 0.249 e. The van der Waals surface area contributed by atoms with Gasteiger partial charge in [0.1, 0.15) is 6.10 Å². The molecule has 0 fully saturated rings. The van der Waals surface area contributed by atoms with Gasteiger partial charge in [0.15, 0.2) is 0 Å². The molecule has 1 amide bonds. The first-order chi connectivity index (χ1) is 24.1. The molecular formula is C44H87NO4. The van der Waals surface area contributed by atoms with Gasteiger partial charge in [-0.2, -0.15) is 0 Å². The lowest BCUT2D eigenvalue weighted by molar-refractivity contribution is -0.131. The van der Waals surface area contributed by atoms with E-state index < -0.39 is 24.2 Å². The van der Waals surface area contributed by atoms with Gasteiger partial charge < -0.3 is 20.6 Å². The molecule has 0 saturated heterocycles. The number of allylic oxidation sites excluding steroid dienone is 1. The van der Waals surface area contributed by atoms with E-state index in [0.717, 1.165) is 32.1 Å². The van der Waals surface area contributed by atoms with Crippen molar-refractivity contribution in [2.24, 2.45) is 0 Å². The highest BCUT2D eigenvalue weighted by molar-refractivity contribution is 5.80. The summed E-state index contributed by atoms with van der Waals surface area (Å²) < 4.78 is 0. The number of unbranched alkanes of at least 4 members (excludes halogenated alkanes) is 32. The highest BCUT2D eigenvalue weighted by Gasteiger charge is 2.22. The Morgan fingerprint density at radius 3 is 1.12 bits per heavy atom. The summed E-state index contributed by atoms with van der Waals surface area (Å²) >= 11 is 0. The van der Waals surface area contributed by atoms with Crippen LogP contribution in [0, 0.1) is 0 Å². The van der Waals surface area contributed by atoms with Crippen LogP contribution >= 0.6 is 0 Å². The van der Waals surface area contributed by atoms with Crippen LogP contribution in [0.3, 0.4) is 0 Å². The summed E-state index contributed by atoms with van der Waals surface area (Å²) in [6, 6.07) is -0.792. The second kappa shape index (κ2) is 39.9. The number of aliphatic hydroxyl groups is 3. The lowest BCUT2D eigenvalue weighted by Gasteiger charge is -2.21. The summed E-state index contributed by atoms with van der Waals surface area (Å²) in [5.41, 5.74) is 0. The Hall–Kier alpha value is -0.910. The second-order valence-electron chi connectivity index (χ2n) is 15.3. The van der Waals surface area contributed by atoms with Gasteiger partial charge in [0, 0.05) is 0 Å². The molecule has 4 N–H and O–H groups in total. The quantitative estimate of drug-likeness (QED) is 0.0380. The zero-order valence-corrected chi connectivity index (χ0v) is 33.1. The first-order valence-corrected chi connectivity index (χ1v) is 22.0. The third-order valence-corrected chi connectivity index (χ3v) is 10.4. The van der Waals surface area contributed by atoms with Gasteiger partial charge in [-0.1, -0.05) is 231 Å². The number of hydrogen-bond acceptors (Lipinski definition) is 4. The molecule has 0 aliphatic carbocycles. The number of aliphatic hydroxyl groups excluding tert-OH is 3. The summed E-state index contributed by atoms with van der Waals surface area (Å²) in [5, 5.41) is 33.1. The maximum atomic E-state index is 12.5. The highest BCUT2D eigenvalue weighted by atomic mass is 16.3. The van der Waals surface area contributed by atoms with Crippen molar-refractivity contribution in [2.45, 2.75) is 257 Å². The Labute approximate surface area is 306 Å². The molecule has 0 bridgehead atoms. The van der Waals surface area contributed by atoms with Crippen molar-refractivity contribution in [3.05, 3.63) is 12.2 Å². The molecule has 0 aromatic heterocycles. The molecule has 0 aliphatic heterocycles. The van der Waals surface area contributed by atoms with Gasteiger partial charge in [-0.05, 0) is 19.3 Å². The van der Waals surface area contributed by atoms with Gasteiger partial charge in [-0.25, -0.2) is 0 Å². The average molecular weight is 694 g/mol. The fraction of sp³-hybridized carbons (Fsp3) is 0.932. The molecule has 0 radical (unpaired) electrons. The van der Waals surface area contributed by atoms with Crippen molar-refractivity contribution in [1.29, 1.82) is 0 Å². The van der Waals surface area contributed by atoms with Crippen LogP contribution in [-0.4, -0.2) is 46.1 Å². The first-order valence-electron chi connectivity index (χ1n) is 22.0. The molecule has 49 heavy (non-hydrogen) atoms. The van der Waals surface area contributed by atoms with Crippen LogP contribution in [0.1, 0.15) is 239 Å². The van der Waals surface area contributed by atoms with Crippen LogP contribution in [-0.2, 0) is 4.79 Å². The Morgan fingerprint density at radius 2 is 0.796 bits per heavy atom. The monoisotopic (exact) mass is 694 g/mol. The lowest BCUT2D eigenvalue weighted by Crippen LogP contribution is -2.48. The maximum Gasteiger partial charge on any atom is 0.249 e. The van der Waals surface area contributed by atoms with E-state index in [2.05, 4.69) is 19.2 Å². The van der Waals surface area contributed by atoms with Gasteiger partial charge in [0.2, 0.25) is 5.91 Å². The van der Waals surface area contributed by atoms with Crippen LogP contribution in [0.5, 0.6) is 0 Å². The van der Waals surface area contributed by atoms with E-state index in [1.54, 1.807) is 6.08 Å². The molecule has 0 saturated carbocycles. The zero-order valence-electron chi connectivity index (χ0n) is 33.1. The molecule has 5 nitrogen and oxygen atoms in total. The topological polar surface area (TPSA) is 89.8 Å². The second-order valence-corrected chi connectivity index (χ2v) is 15.3. The van der Waals surface area contributed by atoms with Crippen molar-refractivity contribution < 1.29 is 20.1 Å². The number of rotatable bonds is 40. The van der Waals surface area contributed by atoms with Crippen molar-refractivity contribution in [3.8, 4) is 0 Å². The fourth-order valence-electron chi connectivity index (χ4n) is 6.89. The minimum Gasteiger partial charge on any atom is -0.394 e. The van der Waals surface area contributed by atoms with Crippen LogP contribution in [0.4, 0.5) is 0 Å². The van der Waals surface area contributed by atoms with Crippen LogP contribution in [0.2, 0.25) is 0 Å². The van der Waals surface area contributed by atoms with Gasteiger partial charge in [0.25, 0.3) is 0 Å². The molecule has 5 heteroatoms. The first kappa shape index (κ1) is 48.1. The Bertz CT molecular complexity index is 684. The molecule has 0 aliphatic rings. The van der Waals surface area contributed by atoms with Crippen LogP contribution in [0.15, 0.2) is 12.2 Å². The minimum absolute atomic E-state index is 0.359. The Kier molecular flexibility index (Phi) is 39.1. The third kappa shape index (κ3) is 35.3. The van der Waals surface area contributed by atoms with Gasteiger partial charge in [-0.3, -0.25) is 4.79 Å². The number of carbonyl (C=O) groups is 1. The maximum absolute atomic E-state index is 12.5. The molecule has 0 aromatic rings. The van der Waals surface area contributed by atoms with E-state index in [-0.39, 0.29) is 6.61 Å². The number of carbonyl (C=O) groups excluding carboxylic acids is 1. The van der Waals surface area contributed by atoms with Crippen LogP contribution < -0.4 is 5.32 Å². The van der Waals surface area contributed by atoms with Crippen molar-refractivity contribution in [2.75, 3.05) is 6.61 Å². The zero-order chi connectivity index (χ0) is 35.9. The number of nitrogens with one attached hydrogen (secondary N) is 1. The summed E-state index contributed by atoms with van der Waals surface area (Å²) in [6.45, 7) is 4.20. The predicted molar refractivity (Wildman–Crippen MR) is 213 cm³/mol. The molecular weight excluding hydrogens is 606 g/mol. The lowest BCUT2D eigenvalue weighted by atomic mass is 10.0. The average Bonchev–Trinajstić information content (AvgIpc) is 3.11.